The van der Waals surface area contributed by atoms with Crippen LogP contribution in [0, 0.1) is 6.92 Å². The van der Waals surface area contributed by atoms with E-state index in [2.05, 4.69) is 15.1 Å². The van der Waals surface area contributed by atoms with Crippen LogP contribution in [0.4, 0.5) is 0 Å². The number of hydrogen-bond acceptors (Lipinski definition) is 4. The Hall–Kier alpha value is -2.89. The SMILES string of the molecule is Cc1nc2ccccc2n1-c1ncccc1/C(N)=N/O. The van der Waals surface area contributed by atoms with Crippen molar-refractivity contribution >= 4 is 16.9 Å². The van der Waals surface area contributed by atoms with Crippen LogP contribution in [-0.2, 0) is 0 Å². The van der Waals surface area contributed by atoms with Crippen molar-refractivity contribution in [3.05, 3.63) is 54.0 Å². The summed E-state index contributed by atoms with van der Waals surface area (Å²) in [5.74, 6) is 1.40. The highest BCUT2D eigenvalue weighted by molar-refractivity contribution is 6.00. The molecule has 0 saturated heterocycles. The molecule has 6 heteroatoms. The van der Waals surface area contributed by atoms with Gasteiger partial charge in [-0.15, -0.1) is 0 Å². The lowest BCUT2D eigenvalue weighted by Crippen LogP contribution is -2.17. The second-order valence-electron chi connectivity index (χ2n) is 4.34. The summed E-state index contributed by atoms with van der Waals surface area (Å²) < 4.78 is 1.89. The van der Waals surface area contributed by atoms with Gasteiger partial charge in [0.15, 0.2) is 5.84 Å². The van der Waals surface area contributed by atoms with Gasteiger partial charge >= 0.3 is 0 Å². The molecule has 0 amide bonds. The molecule has 1 aromatic carbocycles. The van der Waals surface area contributed by atoms with E-state index in [-0.39, 0.29) is 5.84 Å². The van der Waals surface area contributed by atoms with E-state index in [9.17, 15) is 0 Å². The minimum Gasteiger partial charge on any atom is -0.409 e. The maximum absolute atomic E-state index is 8.90. The quantitative estimate of drug-likeness (QED) is 0.321. The van der Waals surface area contributed by atoms with Gasteiger partial charge in [-0.1, -0.05) is 17.3 Å². The van der Waals surface area contributed by atoms with Crippen LogP contribution in [-0.4, -0.2) is 25.6 Å². The molecular formula is C14H13N5O. The predicted octanol–water partition coefficient (Wildman–Crippen LogP) is 1.82. The highest BCUT2D eigenvalue weighted by atomic mass is 16.4. The first-order valence-corrected chi connectivity index (χ1v) is 6.09. The second-order valence-corrected chi connectivity index (χ2v) is 4.34. The van der Waals surface area contributed by atoms with Gasteiger partial charge in [0.2, 0.25) is 0 Å². The number of oxime groups is 1. The van der Waals surface area contributed by atoms with E-state index in [1.807, 2.05) is 35.8 Å². The molecule has 0 atom stereocenters. The Bertz CT molecular complexity index is 806. The molecule has 3 rings (SSSR count). The van der Waals surface area contributed by atoms with Crippen LogP contribution in [0.1, 0.15) is 11.4 Å². The normalized spacial score (nSPS) is 11.9. The molecule has 3 N–H and O–H groups in total. The van der Waals surface area contributed by atoms with Gasteiger partial charge in [-0.2, -0.15) is 0 Å². The van der Waals surface area contributed by atoms with E-state index in [4.69, 9.17) is 10.9 Å². The summed E-state index contributed by atoms with van der Waals surface area (Å²) in [5, 5.41) is 12.0. The van der Waals surface area contributed by atoms with Gasteiger partial charge in [0.1, 0.15) is 11.6 Å². The van der Waals surface area contributed by atoms with Gasteiger partial charge in [0.05, 0.1) is 16.6 Å². The molecule has 0 aliphatic carbocycles. The fourth-order valence-corrected chi connectivity index (χ4v) is 2.24. The smallest absolute Gasteiger partial charge is 0.173 e. The van der Waals surface area contributed by atoms with Crippen LogP contribution in [0.3, 0.4) is 0 Å². The Balaban J connectivity index is 2.35. The summed E-state index contributed by atoms with van der Waals surface area (Å²) in [7, 11) is 0. The molecule has 6 nitrogen and oxygen atoms in total. The Morgan fingerprint density at radius 2 is 2.05 bits per heavy atom. The van der Waals surface area contributed by atoms with Crippen LogP contribution < -0.4 is 5.73 Å². The average molecular weight is 267 g/mol. The van der Waals surface area contributed by atoms with E-state index in [1.165, 1.54) is 0 Å². The van der Waals surface area contributed by atoms with E-state index in [0.29, 0.717) is 11.4 Å². The topological polar surface area (TPSA) is 89.3 Å². The first kappa shape index (κ1) is 12.2. The number of nitrogens with two attached hydrogens (primary N) is 1. The summed E-state index contributed by atoms with van der Waals surface area (Å²) in [6, 6.07) is 11.3. The zero-order chi connectivity index (χ0) is 14.1. The molecule has 0 aliphatic heterocycles. The number of imidazole rings is 1. The first-order valence-electron chi connectivity index (χ1n) is 6.09. The van der Waals surface area contributed by atoms with Gasteiger partial charge in [-0.3, -0.25) is 4.57 Å². The minimum absolute atomic E-state index is 0.0188. The minimum atomic E-state index is 0.0188. The summed E-state index contributed by atoms with van der Waals surface area (Å²) in [5.41, 5.74) is 8.08. The van der Waals surface area contributed by atoms with E-state index in [0.717, 1.165) is 16.9 Å². The summed E-state index contributed by atoms with van der Waals surface area (Å²) >= 11 is 0. The molecule has 0 bridgehead atoms. The first-order chi connectivity index (χ1) is 9.72. The number of pyridine rings is 1. The zero-order valence-corrected chi connectivity index (χ0v) is 10.9. The molecule has 3 aromatic rings. The molecule has 2 heterocycles. The van der Waals surface area contributed by atoms with Crippen molar-refractivity contribution in [1.29, 1.82) is 0 Å². The number of amidine groups is 1. The standard InChI is InChI=1S/C14H13N5O/c1-9-17-11-6-2-3-7-12(11)19(9)14-10(13(15)18-20)5-4-8-16-14/h2-8,20H,1H3,(H2,15,18). The van der Waals surface area contributed by atoms with Gasteiger partial charge in [0.25, 0.3) is 0 Å². The van der Waals surface area contributed by atoms with Crippen molar-refractivity contribution in [2.75, 3.05) is 0 Å². The lowest BCUT2D eigenvalue weighted by Gasteiger charge is -2.10. The molecular weight excluding hydrogens is 254 g/mol. The van der Waals surface area contributed by atoms with Crippen molar-refractivity contribution in [1.82, 2.24) is 14.5 Å². The molecule has 0 saturated carbocycles. The largest absolute Gasteiger partial charge is 0.409 e. The fraction of sp³-hybridized carbons (Fsp3) is 0.0714. The van der Waals surface area contributed by atoms with Crippen molar-refractivity contribution < 1.29 is 5.21 Å². The number of hydrogen-bond donors (Lipinski definition) is 2. The lowest BCUT2D eigenvalue weighted by molar-refractivity contribution is 0.318. The molecule has 20 heavy (non-hydrogen) atoms. The Morgan fingerprint density at radius 1 is 1.25 bits per heavy atom. The third-order valence-electron chi connectivity index (χ3n) is 3.11. The Kier molecular flexibility index (Phi) is 2.83. The van der Waals surface area contributed by atoms with E-state index < -0.39 is 0 Å². The lowest BCUT2D eigenvalue weighted by atomic mass is 10.2. The molecule has 0 radical (unpaired) electrons. The maximum atomic E-state index is 8.90. The molecule has 100 valence electrons. The van der Waals surface area contributed by atoms with Gasteiger partial charge in [-0.05, 0) is 31.2 Å². The molecule has 0 aliphatic rings. The van der Waals surface area contributed by atoms with Crippen molar-refractivity contribution in [2.24, 2.45) is 10.9 Å². The van der Waals surface area contributed by atoms with Crippen LogP contribution in [0.15, 0.2) is 47.8 Å². The Labute approximate surface area is 115 Å². The fourth-order valence-electron chi connectivity index (χ4n) is 2.24. The Morgan fingerprint density at radius 3 is 2.85 bits per heavy atom. The van der Waals surface area contributed by atoms with Crippen molar-refractivity contribution in [3.63, 3.8) is 0 Å². The maximum Gasteiger partial charge on any atom is 0.173 e. The molecule has 0 unspecified atom stereocenters. The van der Waals surface area contributed by atoms with Crippen LogP contribution in [0.2, 0.25) is 0 Å². The average Bonchev–Trinajstić information content (AvgIpc) is 2.82. The summed E-state index contributed by atoms with van der Waals surface area (Å²) in [6.45, 7) is 1.89. The number of fused-ring (bicyclic) bond motifs is 1. The van der Waals surface area contributed by atoms with Gasteiger partial charge < -0.3 is 10.9 Å². The van der Waals surface area contributed by atoms with Crippen LogP contribution >= 0.6 is 0 Å². The van der Waals surface area contributed by atoms with Crippen molar-refractivity contribution in [2.45, 2.75) is 6.92 Å². The highest BCUT2D eigenvalue weighted by Gasteiger charge is 2.15. The third-order valence-corrected chi connectivity index (χ3v) is 3.11. The molecule has 0 fully saturated rings. The molecule has 0 spiro atoms. The number of benzene rings is 1. The number of rotatable bonds is 2. The second kappa shape index (κ2) is 4.65. The predicted molar refractivity (Wildman–Crippen MR) is 76.1 cm³/mol. The third kappa shape index (κ3) is 1.78. The van der Waals surface area contributed by atoms with E-state index in [1.54, 1.807) is 18.3 Å². The van der Waals surface area contributed by atoms with Gasteiger partial charge in [-0.25, -0.2) is 9.97 Å². The monoisotopic (exact) mass is 267 g/mol. The van der Waals surface area contributed by atoms with Gasteiger partial charge in [0, 0.05) is 6.20 Å². The summed E-state index contributed by atoms with van der Waals surface area (Å²) in [4.78, 5) is 8.85. The number of para-hydroxylation sites is 2. The molecule has 2 aromatic heterocycles. The van der Waals surface area contributed by atoms with Crippen molar-refractivity contribution in [3.8, 4) is 5.82 Å². The highest BCUT2D eigenvalue weighted by Crippen LogP contribution is 2.21. The van der Waals surface area contributed by atoms with Crippen LogP contribution in [0.5, 0.6) is 0 Å². The van der Waals surface area contributed by atoms with Crippen LogP contribution in [0.25, 0.3) is 16.9 Å². The van der Waals surface area contributed by atoms with E-state index >= 15 is 0 Å². The number of nitrogens with zero attached hydrogens (tertiary/aromatic N) is 4. The summed E-state index contributed by atoms with van der Waals surface area (Å²) in [6.07, 6.45) is 1.66. The number of aryl methyl sites for hydroxylation is 1. The zero-order valence-electron chi connectivity index (χ0n) is 10.9. The number of aromatic nitrogens is 3.